The van der Waals surface area contributed by atoms with Crippen LogP contribution in [0.1, 0.15) is 18.9 Å². The minimum absolute atomic E-state index is 0.0252. The molecule has 1 spiro atoms. The van der Waals surface area contributed by atoms with Gasteiger partial charge in [-0.1, -0.05) is 42.8 Å². The third-order valence-corrected chi connectivity index (χ3v) is 11.5. The van der Waals surface area contributed by atoms with E-state index in [0.717, 1.165) is 10.5 Å². The molecule has 6 rings (SSSR count). The molecule has 1 saturated carbocycles. The highest BCUT2D eigenvalue weighted by Gasteiger charge is 2.70. The van der Waals surface area contributed by atoms with Crippen LogP contribution in [0.4, 0.5) is 15.5 Å². The van der Waals surface area contributed by atoms with Crippen LogP contribution in [0.25, 0.3) is 0 Å². The predicted molar refractivity (Wildman–Crippen MR) is 156 cm³/mol. The van der Waals surface area contributed by atoms with Gasteiger partial charge in [0.15, 0.2) is 0 Å². The molecule has 2 aliphatic heterocycles. The number of hydrogen-bond acceptors (Lipinski definition) is 8. The first-order valence-electron chi connectivity index (χ1n) is 13.7. The van der Waals surface area contributed by atoms with E-state index in [-0.39, 0.29) is 24.4 Å². The highest BCUT2D eigenvalue weighted by molar-refractivity contribution is 7.89. The third-order valence-electron chi connectivity index (χ3n) is 8.92. The fourth-order valence-electron chi connectivity index (χ4n) is 6.87. The first kappa shape index (κ1) is 28.5. The Morgan fingerprint density at radius 1 is 1.05 bits per heavy atom. The summed E-state index contributed by atoms with van der Waals surface area (Å²) < 4.78 is 34.5. The van der Waals surface area contributed by atoms with Gasteiger partial charge in [-0.05, 0) is 61.0 Å². The van der Waals surface area contributed by atoms with E-state index >= 15 is 0 Å². The fraction of sp³-hybridized carbons (Fsp3) is 0.367. The van der Waals surface area contributed by atoms with Gasteiger partial charge in [-0.3, -0.25) is 19.8 Å². The SMILES string of the molecule is Cc1ccc(S(=O)(=O)N2C[C@@H](C)[C@]3(C2)[C@H](O)[C@H](OC(=O)Nc2cccs2)C[C@H]2C(=O)N(c4ccccc4)C(=O)[C@H]23)cc1. The molecule has 6 atom stereocenters. The standard InChI is InChI=1S/C30H31N3O7S2/c1-18-10-12-21(13-11-18)42(38,39)32-16-19(2)30(17-32)25-22(27(35)33(28(25)36)20-7-4-3-5-8-20)15-23(26(30)34)40-29(37)31-24-9-6-14-41-24/h3-14,19,22-23,25-26,34H,15-17H2,1-2H3,(H,31,37)/t19-,22-,23-,25+,26-,30+/m1/s1. The van der Waals surface area contributed by atoms with Crippen molar-refractivity contribution in [2.45, 2.75) is 37.4 Å². The number of aliphatic hydroxyl groups excluding tert-OH is 1. The van der Waals surface area contributed by atoms with Crippen LogP contribution in [-0.4, -0.2) is 61.0 Å². The molecule has 0 unspecified atom stereocenters. The number of amides is 3. The molecule has 0 bridgehead atoms. The van der Waals surface area contributed by atoms with Crippen molar-refractivity contribution in [3.05, 3.63) is 77.7 Å². The van der Waals surface area contributed by atoms with Gasteiger partial charge in [0, 0.05) is 18.5 Å². The number of imide groups is 1. The van der Waals surface area contributed by atoms with Crippen LogP contribution in [0.3, 0.4) is 0 Å². The third kappa shape index (κ3) is 4.53. The van der Waals surface area contributed by atoms with Gasteiger partial charge in [0.25, 0.3) is 0 Å². The number of nitrogens with one attached hydrogen (secondary N) is 1. The molecule has 3 fully saturated rings. The number of aryl methyl sites for hydroxylation is 1. The minimum atomic E-state index is -3.99. The van der Waals surface area contributed by atoms with E-state index in [1.165, 1.54) is 27.8 Å². The lowest BCUT2D eigenvalue weighted by atomic mass is 9.56. The van der Waals surface area contributed by atoms with Crippen LogP contribution < -0.4 is 10.2 Å². The lowest BCUT2D eigenvalue weighted by molar-refractivity contribution is -0.163. The normalized spacial score (nSPS) is 29.6. The molecule has 1 aromatic heterocycles. The number of nitrogens with zero attached hydrogens (tertiary/aromatic N) is 2. The van der Waals surface area contributed by atoms with Gasteiger partial charge in [-0.25, -0.2) is 13.2 Å². The molecular weight excluding hydrogens is 578 g/mol. The highest BCUT2D eigenvalue weighted by Crippen LogP contribution is 2.58. The van der Waals surface area contributed by atoms with Gasteiger partial charge in [0.2, 0.25) is 21.8 Å². The van der Waals surface area contributed by atoms with Crippen molar-refractivity contribution >= 4 is 50.0 Å². The molecule has 2 N–H and O–H groups in total. The Kier molecular flexibility index (Phi) is 7.20. The molecule has 3 aliphatic rings. The second kappa shape index (κ2) is 10.6. The van der Waals surface area contributed by atoms with Crippen LogP contribution >= 0.6 is 11.3 Å². The summed E-state index contributed by atoms with van der Waals surface area (Å²) in [5, 5.41) is 16.9. The van der Waals surface area contributed by atoms with Gasteiger partial charge >= 0.3 is 6.09 Å². The minimum Gasteiger partial charge on any atom is -0.443 e. The molecule has 220 valence electrons. The summed E-state index contributed by atoms with van der Waals surface area (Å²) in [6.07, 6.45) is -3.44. The second-order valence-corrected chi connectivity index (χ2v) is 14.2. The topological polar surface area (TPSA) is 133 Å². The quantitative estimate of drug-likeness (QED) is 0.420. The number of aliphatic hydroxyl groups is 1. The van der Waals surface area contributed by atoms with E-state index in [1.54, 1.807) is 66.9 Å². The largest absolute Gasteiger partial charge is 0.443 e. The summed E-state index contributed by atoms with van der Waals surface area (Å²) in [7, 11) is -3.99. The zero-order chi connectivity index (χ0) is 29.8. The number of hydrogen-bond donors (Lipinski definition) is 2. The number of rotatable bonds is 5. The molecular formula is C30H31N3O7S2. The number of anilines is 2. The molecule has 3 aromatic rings. The molecule has 42 heavy (non-hydrogen) atoms. The number of ether oxygens (including phenoxy) is 1. The Labute approximate surface area is 248 Å². The summed E-state index contributed by atoms with van der Waals surface area (Å²) in [4.78, 5) is 42.1. The number of thiophene rings is 1. The van der Waals surface area contributed by atoms with Gasteiger partial charge in [0.05, 0.1) is 33.5 Å². The smallest absolute Gasteiger partial charge is 0.412 e. The van der Waals surface area contributed by atoms with E-state index in [9.17, 15) is 27.9 Å². The maximum atomic E-state index is 14.1. The summed E-state index contributed by atoms with van der Waals surface area (Å²) >= 11 is 1.30. The monoisotopic (exact) mass is 609 g/mol. The maximum Gasteiger partial charge on any atom is 0.412 e. The zero-order valence-electron chi connectivity index (χ0n) is 23.0. The molecule has 10 nitrogen and oxygen atoms in total. The molecule has 2 saturated heterocycles. The van der Waals surface area contributed by atoms with E-state index in [1.807, 2.05) is 6.92 Å². The van der Waals surface area contributed by atoms with Crippen LogP contribution in [0.2, 0.25) is 0 Å². The first-order valence-corrected chi connectivity index (χ1v) is 16.0. The van der Waals surface area contributed by atoms with Crippen LogP contribution in [0, 0.1) is 30.1 Å². The van der Waals surface area contributed by atoms with Crippen molar-refractivity contribution in [1.29, 1.82) is 0 Å². The van der Waals surface area contributed by atoms with Gasteiger partial charge in [-0.15, -0.1) is 11.3 Å². The Bertz CT molecular complexity index is 1610. The fourth-order valence-corrected chi connectivity index (χ4v) is 9.07. The Morgan fingerprint density at radius 3 is 2.43 bits per heavy atom. The van der Waals surface area contributed by atoms with Crippen LogP contribution in [0.5, 0.6) is 0 Å². The van der Waals surface area contributed by atoms with Gasteiger partial charge in [0.1, 0.15) is 6.10 Å². The molecule has 3 amide bonds. The zero-order valence-corrected chi connectivity index (χ0v) is 24.7. The van der Waals surface area contributed by atoms with Crippen molar-refractivity contribution in [2.24, 2.45) is 23.2 Å². The molecule has 12 heteroatoms. The van der Waals surface area contributed by atoms with E-state index in [4.69, 9.17) is 4.74 Å². The van der Waals surface area contributed by atoms with Crippen molar-refractivity contribution in [1.82, 2.24) is 4.31 Å². The summed E-state index contributed by atoms with van der Waals surface area (Å²) in [6, 6.07) is 18.5. The first-order chi connectivity index (χ1) is 20.0. The van der Waals surface area contributed by atoms with Crippen molar-refractivity contribution < 1.29 is 32.6 Å². The average molecular weight is 610 g/mol. The number of carbonyl (C=O) groups excluding carboxylic acids is 3. The number of para-hydroxylation sites is 1. The second-order valence-electron chi connectivity index (χ2n) is 11.3. The molecule has 2 aromatic carbocycles. The summed E-state index contributed by atoms with van der Waals surface area (Å²) in [5.74, 6) is -3.40. The van der Waals surface area contributed by atoms with Gasteiger partial charge < -0.3 is 9.84 Å². The number of carbonyl (C=O) groups is 3. The highest BCUT2D eigenvalue weighted by atomic mass is 32.2. The number of sulfonamides is 1. The Hall–Kier alpha value is -3.58. The number of benzene rings is 2. The van der Waals surface area contributed by atoms with Gasteiger partial charge in [-0.2, -0.15) is 4.31 Å². The Balaban J connectivity index is 1.39. The summed E-state index contributed by atoms with van der Waals surface area (Å²) in [6.45, 7) is 3.46. The van der Waals surface area contributed by atoms with Crippen molar-refractivity contribution in [3.8, 4) is 0 Å². The van der Waals surface area contributed by atoms with E-state index < -0.39 is 63.3 Å². The van der Waals surface area contributed by atoms with E-state index in [2.05, 4.69) is 5.32 Å². The number of fused-ring (bicyclic) bond motifs is 2. The average Bonchev–Trinajstić information content (AvgIpc) is 3.66. The van der Waals surface area contributed by atoms with Crippen molar-refractivity contribution in [3.63, 3.8) is 0 Å². The lowest BCUT2D eigenvalue weighted by Gasteiger charge is -2.49. The van der Waals surface area contributed by atoms with Crippen LogP contribution in [-0.2, 0) is 24.3 Å². The van der Waals surface area contributed by atoms with Crippen LogP contribution in [0.15, 0.2) is 77.0 Å². The van der Waals surface area contributed by atoms with E-state index in [0.29, 0.717) is 10.7 Å². The molecule has 3 heterocycles. The molecule has 0 radical (unpaired) electrons. The molecule has 1 aliphatic carbocycles. The lowest BCUT2D eigenvalue weighted by Crippen LogP contribution is -2.61. The summed E-state index contributed by atoms with van der Waals surface area (Å²) in [5.41, 5.74) is -0.0814. The predicted octanol–water partition coefficient (Wildman–Crippen LogP) is 3.87. The Morgan fingerprint density at radius 2 is 1.76 bits per heavy atom. The van der Waals surface area contributed by atoms with Crippen molar-refractivity contribution in [2.75, 3.05) is 23.3 Å². The maximum absolute atomic E-state index is 14.1.